The van der Waals surface area contributed by atoms with Crippen molar-refractivity contribution in [2.75, 3.05) is 7.11 Å². The van der Waals surface area contributed by atoms with Gasteiger partial charge in [-0.25, -0.2) is 0 Å². The van der Waals surface area contributed by atoms with Gasteiger partial charge in [-0.05, 0) is 24.3 Å². The predicted molar refractivity (Wildman–Crippen MR) is 87.7 cm³/mol. The maximum absolute atomic E-state index is 12.3. The van der Waals surface area contributed by atoms with Gasteiger partial charge in [0.15, 0.2) is 11.5 Å². The van der Waals surface area contributed by atoms with Crippen LogP contribution in [0.25, 0.3) is 0 Å². The van der Waals surface area contributed by atoms with E-state index in [1.54, 1.807) is 0 Å². The molecule has 0 aliphatic carbocycles. The van der Waals surface area contributed by atoms with Crippen LogP contribution in [-0.4, -0.2) is 30.5 Å². The van der Waals surface area contributed by atoms with Crippen LogP contribution in [-0.2, 0) is 0 Å². The number of carbonyl (C=O) groups excluding carboxylic acids is 2. The summed E-state index contributed by atoms with van der Waals surface area (Å²) >= 11 is 0. The molecule has 0 fully saturated rings. The number of nitrogens with zero attached hydrogens (tertiary/aromatic N) is 1. The normalized spacial score (nSPS) is 10.2. The largest absolute Gasteiger partial charge is 0.493 e. The quantitative estimate of drug-likeness (QED) is 0.585. The fourth-order valence-electron chi connectivity index (χ4n) is 2.02. The van der Waals surface area contributed by atoms with Gasteiger partial charge in [0.25, 0.3) is 17.5 Å². The molecule has 0 saturated heterocycles. The third kappa shape index (κ3) is 5.11. The average molecular weight is 381 g/mol. The summed E-state index contributed by atoms with van der Waals surface area (Å²) in [7, 11) is 1.21. The Morgan fingerprint density at radius 3 is 2.22 bits per heavy atom. The molecule has 0 unspecified atom stereocenters. The van der Waals surface area contributed by atoms with Crippen molar-refractivity contribution in [2.45, 2.75) is 6.61 Å². The zero-order chi connectivity index (χ0) is 20.0. The summed E-state index contributed by atoms with van der Waals surface area (Å²) in [6, 6.07) is 8.35. The molecule has 27 heavy (non-hydrogen) atoms. The minimum Gasteiger partial charge on any atom is -0.493 e. The number of ether oxygens (including phenoxy) is 2. The number of non-ortho nitro benzene ring substituents is 1. The second-order valence-electron chi connectivity index (χ2n) is 4.96. The van der Waals surface area contributed by atoms with E-state index in [-0.39, 0.29) is 28.3 Å². The van der Waals surface area contributed by atoms with Gasteiger partial charge in [0.2, 0.25) is 0 Å². The summed E-state index contributed by atoms with van der Waals surface area (Å²) in [5.74, 6) is -1.91. The lowest BCUT2D eigenvalue weighted by atomic mass is 10.2. The Labute approximate surface area is 151 Å². The molecule has 2 aromatic rings. The van der Waals surface area contributed by atoms with E-state index in [0.717, 1.165) is 18.2 Å². The Morgan fingerprint density at radius 2 is 1.67 bits per heavy atom. The van der Waals surface area contributed by atoms with Crippen LogP contribution in [0.4, 0.5) is 14.5 Å². The smallest absolute Gasteiger partial charge is 0.387 e. The summed E-state index contributed by atoms with van der Waals surface area (Å²) in [5.41, 5.74) is 3.87. The molecule has 11 heteroatoms. The van der Waals surface area contributed by atoms with Crippen molar-refractivity contribution in [3.05, 3.63) is 63.7 Å². The topological polar surface area (TPSA) is 120 Å². The summed E-state index contributed by atoms with van der Waals surface area (Å²) in [5, 5.41) is 10.7. The Bertz CT molecular complexity index is 875. The van der Waals surface area contributed by atoms with Gasteiger partial charge in [0, 0.05) is 23.3 Å². The van der Waals surface area contributed by atoms with Crippen LogP contribution in [0.3, 0.4) is 0 Å². The monoisotopic (exact) mass is 381 g/mol. The summed E-state index contributed by atoms with van der Waals surface area (Å²) in [6.07, 6.45) is 0. The third-order valence-corrected chi connectivity index (χ3v) is 3.25. The molecule has 0 bridgehead atoms. The fourth-order valence-corrected chi connectivity index (χ4v) is 2.02. The molecule has 0 aliphatic heterocycles. The highest BCUT2D eigenvalue weighted by atomic mass is 19.3. The minimum atomic E-state index is -3.06. The standard InChI is InChI=1S/C16H13F2N3O6/c1-26-13-8-10(5-6-12(13)27-16(17)18)15(23)20-19-14(22)9-3-2-4-11(7-9)21(24)25/h2-8,16H,1H3,(H,19,22)(H,20,23). The van der Waals surface area contributed by atoms with E-state index in [0.29, 0.717) is 0 Å². The molecule has 142 valence electrons. The number of halogens is 2. The van der Waals surface area contributed by atoms with Gasteiger partial charge in [-0.1, -0.05) is 6.07 Å². The first-order valence-electron chi connectivity index (χ1n) is 7.30. The van der Waals surface area contributed by atoms with Crippen molar-refractivity contribution in [2.24, 2.45) is 0 Å². The molecule has 2 amide bonds. The third-order valence-electron chi connectivity index (χ3n) is 3.25. The lowest BCUT2D eigenvalue weighted by Crippen LogP contribution is -2.41. The minimum absolute atomic E-state index is 0.00666. The second kappa shape index (κ2) is 8.56. The SMILES string of the molecule is COc1cc(C(=O)NNC(=O)c2cccc([N+](=O)[O-])c2)ccc1OC(F)F. The number of benzene rings is 2. The van der Waals surface area contributed by atoms with Crippen molar-refractivity contribution < 1.29 is 32.8 Å². The van der Waals surface area contributed by atoms with Crippen LogP contribution < -0.4 is 20.3 Å². The second-order valence-corrected chi connectivity index (χ2v) is 4.96. The lowest BCUT2D eigenvalue weighted by Gasteiger charge is -2.12. The van der Waals surface area contributed by atoms with Crippen LogP contribution in [0, 0.1) is 10.1 Å². The van der Waals surface area contributed by atoms with E-state index >= 15 is 0 Å². The lowest BCUT2D eigenvalue weighted by molar-refractivity contribution is -0.384. The van der Waals surface area contributed by atoms with Crippen LogP contribution in [0.2, 0.25) is 0 Å². The van der Waals surface area contributed by atoms with Crippen LogP contribution in [0.1, 0.15) is 20.7 Å². The number of hydrazine groups is 1. The van der Waals surface area contributed by atoms with Gasteiger partial charge in [-0.3, -0.25) is 30.6 Å². The molecule has 0 aliphatic rings. The molecule has 9 nitrogen and oxygen atoms in total. The van der Waals surface area contributed by atoms with E-state index in [1.165, 1.54) is 31.4 Å². The number of nitrogens with one attached hydrogen (secondary N) is 2. The van der Waals surface area contributed by atoms with Crippen molar-refractivity contribution in [3.8, 4) is 11.5 Å². The van der Waals surface area contributed by atoms with E-state index in [4.69, 9.17) is 4.74 Å². The highest BCUT2D eigenvalue weighted by molar-refractivity contribution is 5.99. The molecule has 0 aromatic heterocycles. The van der Waals surface area contributed by atoms with Crippen LogP contribution in [0.5, 0.6) is 11.5 Å². The van der Waals surface area contributed by atoms with Gasteiger partial charge in [0.1, 0.15) is 0 Å². The Morgan fingerprint density at radius 1 is 1.04 bits per heavy atom. The van der Waals surface area contributed by atoms with Gasteiger partial charge < -0.3 is 9.47 Å². The number of carbonyl (C=O) groups is 2. The Balaban J connectivity index is 2.06. The summed E-state index contributed by atoms with van der Waals surface area (Å²) in [4.78, 5) is 34.1. The highest BCUT2D eigenvalue weighted by Gasteiger charge is 2.16. The molecule has 0 radical (unpaired) electrons. The number of nitro benzene ring substituents is 1. The number of alkyl halides is 2. The molecule has 2 N–H and O–H groups in total. The molecular weight excluding hydrogens is 368 g/mol. The number of amides is 2. The van der Waals surface area contributed by atoms with Crippen molar-refractivity contribution in [1.82, 2.24) is 10.9 Å². The van der Waals surface area contributed by atoms with Crippen molar-refractivity contribution in [1.29, 1.82) is 0 Å². The van der Waals surface area contributed by atoms with Gasteiger partial charge in [0.05, 0.1) is 12.0 Å². The molecule has 0 heterocycles. The average Bonchev–Trinajstić information content (AvgIpc) is 2.65. The Kier molecular flexibility index (Phi) is 6.20. The first-order chi connectivity index (χ1) is 12.8. The Hall–Kier alpha value is -3.76. The first kappa shape index (κ1) is 19.6. The zero-order valence-corrected chi connectivity index (χ0v) is 13.8. The van der Waals surface area contributed by atoms with E-state index in [2.05, 4.69) is 15.6 Å². The maximum Gasteiger partial charge on any atom is 0.387 e. The maximum atomic E-state index is 12.3. The van der Waals surface area contributed by atoms with Gasteiger partial charge in [-0.15, -0.1) is 0 Å². The van der Waals surface area contributed by atoms with E-state index in [1.807, 2.05) is 0 Å². The molecule has 0 spiro atoms. The summed E-state index contributed by atoms with van der Waals surface area (Å²) < 4.78 is 33.7. The predicted octanol–water partition coefficient (Wildman–Crippen LogP) is 2.28. The van der Waals surface area contributed by atoms with E-state index < -0.39 is 23.3 Å². The first-order valence-corrected chi connectivity index (χ1v) is 7.30. The van der Waals surface area contributed by atoms with Crippen LogP contribution in [0.15, 0.2) is 42.5 Å². The number of methoxy groups -OCH3 is 1. The molecular formula is C16H13F2N3O6. The van der Waals surface area contributed by atoms with Crippen molar-refractivity contribution in [3.63, 3.8) is 0 Å². The highest BCUT2D eigenvalue weighted by Crippen LogP contribution is 2.29. The fraction of sp³-hybridized carbons (Fsp3) is 0.125. The summed E-state index contributed by atoms with van der Waals surface area (Å²) in [6.45, 7) is -3.06. The number of nitro groups is 1. The van der Waals surface area contributed by atoms with Gasteiger partial charge >= 0.3 is 6.61 Å². The zero-order valence-electron chi connectivity index (χ0n) is 13.8. The molecule has 2 aromatic carbocycles. The van der Waals surface area contributed by atoms with Crippen LogP contribution >= 0.6 is 0 Å². The number of rotatable bonds is 6. The molecule has 0 saturated carbocycles. The molecule has 2 rings (SSSR count). The number of hydrogen-bond donors (Lipinski definition) is 2. The van der Waals surface area contributed by atoms with Crippen molar-refractivity contribution >= 4 is 17.5 Å². The van der Waals surface area contributed by atoms with Gasteiger partial charge in [-0.2, -0.15) is 8.78 Å². The molecule has 0 atom stereocenters. The number of hydrogen-bond acceptors (Lipinski definition) is 6. The van der Waals surface area contributed by atoms with E-state index in [9.17, 15) is 28.5 Å².